The van der Waals surface area contributed by atoms with E-state index in [0.29, 0.717) is 0 Å². The molecule has 0 saturated carbocycles. The lowest BCUT2D eigenvalue weighted by molar-refractivity contribution is 0.0612. The highest BCUT2D eigenvalue weighted by Crippen LogP contribution is 2.16. The molecule has 4 heteroatoms. The van der Waals surface area contributed by atoms with E-state index in [1.165, 1.54) is 12.8 Å². The van der Waals surface area contributed by atoms with Gasteiger partial charge in [0.2, 0.25) is 0 Å². The maximum atomic E-state index is 5.36. The number of nitrogens with one attached hydrogen (secondary N) is 1. The molecule has 0 aromatic carbocycles. The Bertz CT molecular complexity index is 305. The molecule has 0 unspecified atom stereocenters. The van der Waals surface area contributed by atoms with Gasteiger partial charge >= 0.3 is 0 Å². The van der Waals surface area contributed by atoms with Crippen molar-refractivity contribution in [1.82, 2.24) is 14.9 Å². The van der Waals surface area contributed by atoms with Crippen LogP contribution in [0.4, 0.5) is 0 Å². The van der Waals surface area contributed by atoms with Gasteiger partial charge in [0.1, 0.15) is 0 Å². The fraction of sp³-hybridized carbons (Fsp3) is 0.750. The number of ether oxygens (including phenoxy) is 1. The summed E-state index contributed by atoms with van der Waals surface area (Å²) in [4.78, 5) is 4.39. The number of hydrogen-bond acceptors (Lipinski definition) is 3. The van der Waals surface area contributed by atoms with E-state index in [9.17, 15) is 0 Å². The number of hydrogen-bond donors (Lipinski definition) is 1. The Morgan fingerprint density at radius 3 is 3.06 bits per heavy atom. The minimum absolute atomic E-state index is 0.759. The Labute approximate surface area is 97.0 Å². The maximum Gasteiger partial charge on any atom is 0.0950 e. The quantitative estimate of drug-likeness (QED) is 0.820. The molecule has 4 nitrogen and oxygen atoms in total. The van der Waals surface area contributed by atoms with Gasteiger partial charge in [-0.05, 0) is 25.3 Å². The zero-order valence-corrected chi connectivity index (χ0v) is 9.98. The lowest BCUT2D eigenvalue weighted by Gasteiger charge is -2.22. The van der Waals surface area contributed by atoms with Gasteiger partial charge in [-0.25, -0.2) is 4.98 Å². The van der Waals surface area contributed by atoms with Gasteiger partial charge in [-0.2, -0.15) is 0 Å². The van der Waals surface area contributed by atoms with Crippen molar-refractivity contribution in [3.05, 3.63) is 18.2 Å². The van der Waals surface area contributed by atoms with Gasteiger partial charge < -0.3 is 14.6 Å². The van der Waals surface area contributed by atoms with E-state index < -0.39 is 0 Å². The molecule has 90 valence electrons. The molecule has 0 radical (unpaired) electrons. The number of imidazole rings is 1. The standard InChI is InChI=1S/C12H21N3O/c1-2-13-7-12-9-15(10-14-12)8-11-3-5-16-6-4-11/h9-11,13H,2-8H2,1H3. The van der Waals surface area contributed by atoms with Crippen molar-refractivity contribution in [2.75, 3.05) is 19.8 Å². The highest BCUT2D eigenvalue weighted by molar-refractivity contribution is 4.96. The third-order valence-corrected chi connectivity index (χ3v) is 3.05. The first kappa shape index (κ1) is 11.6. The monoisotopic (exact) mass is 223 g/mol. The summed E-state index contributed by atoms with van der Waals surface area (Å²) in [6.45, 7) is 6.90. The molecule has 1 aromatic rings. The Morgan fingerprint density at radius 1 is 1.50 bits per heavy atom. The third kappa shape index (κ3) is 3.32. The molecular formula is C12H21N3O. The van der Waals surface area contributed by atoms with Crippen LogP contribution in [-0.2, 0) is 17.8 Å². The third-order valence-electron chi connectivity index (χ3n) is 3.05. The summed E-state index contributed by atoms with van der Waals surface area (Å²) in [7, 11) is 0. The van der Waals surface area contributed by atoms with Crippen LogP contribution in [0, 0.1) is 5.92 Å². The van der Waals surface area contributed by atoms with E-state index in [-0.39, 0.29) is 0 Å². The van der Waals surface area contributed by atoms with Gasteiger partial charge in [-0.15, -0.1) is 0 Å². The molecule has 0 spiro atoms. The summed E-state index contributed by atoms with van der Waals surface area (Å²) in [5, 5.41) is 3.29. The van der Waals surface area contributed by atoms with E-state index >= 15 is 0 Å². The fourth-order valence-electron chi connectivity index (χ4n) is 2.08. The first-order chi connectivity index (χ1) is 7.88. The van der Waals surface area contributed by atoms with Gasteiger partial charge in [0.05, 0.1) is 12.0 Å². The molecule has 0 aliphatic carbocycles. The largest absolute Gasteiger partial charge is 0.381 e. The lowest BCUT2D eigenvalue weighted by Crippen LogP contribution is -2.19. The zero-order chi connectivity index (χ0) is 11.2. The molecule has 2 rings (SSSR count). The first-order valence-electron chi connectivity index (χ1n) is 6.17. The minimum Gasteiger partial charge on any atom is -0.381 e. The van der Waals surface area contributed by atoms with Crippen LogP contribution in [0.2, 0.25) is 0 Å². The second-order valence-electron chi connectivity index (χ2n) is 4.40. The molecule has 2 heterocycles. The SMILES string of the molecule is CCNCc1cn(CC2CCOCC2)cn1. The van der Waals surface area contributed by atoms with E-state index in [1.807, 2.05) is 6.33 Å². The Morgan fingerprint density at radius 2 is 2.31 bits per heavy atom. The van der Waals surface area contributed by atoms with Crippen molar-refractivity contribution in [3.63, 3.8) is 0 Å². The number of aromatic nitrogens is 2. The van der Waals surface area contributed by atoms with Crippen molar-refractivity contribution in [1.29, 1.82) is 0 Å². The topological polar surface area (TPSA) is 39.1 Å². The number of nitrogens with zero attached hydrogens (tertiary/aromatic N) is 2. The summed E-state index contributed by atoms with van der Waals surface area (Å²) < 4.78 is 7.57. The lowest BCUT2D eigenvalue weighted by atomic mass is 10.0. The van der Waals surface area contributed by atoms with Gasteiger partial charge in [-0.3, -0.25) is 0 Å². The van der Waals surface area contributed by atoms with E-state index in [4.69, 9.17) is 4.74 Å². The van der Waals surface area contributed by atoms with Crippen molar-refractivity contribution < 1.29 is 4.74 Å². The zero-order valence-electron chi connectivity index (χ0n) is 9.98. The predicted octanol–water partition coefficient (Wildman–Crippen LogP) is 1.42. The maximum absolute atomic E-state index is 5.36. The van der Waals surface area contributed by atoms with Crippen molar-refractivity contribution in [3.8, 4) is 0 Å². The van der Waals surface area contributed by atoms with Crippen LogP contribution in [-0.4, -0.2) is 29.3 Å². The van der Waals surface area contributed by atoms with Gasteiger partial charge in [0.25, 0.3) is 0 Å². The summed E-state index contributed by atoms with van der Waals surface area (Å²) in [5.74, 6) is 0.759. The van der Waals surface area contributed by atoms with E-state index in [0.717, 1.165) is 44.5 Å². The molecule has 1 aliphatic rings. The molecule has 1 aromatic heterocycles. The molecule has 1 saturated heterocycles. The Hall–Kier alpha value is -0.870. The predicted molar refractivity (Wildman–Crippen MR) is 63.2 cm³/mol. The molecule has 0 bridgehead atoms. The second-order valence-corrected chi connectivity index (χ2v) is 4.40. The minimum atomic E-state index is 0.759. The van der Waals surface area contributed by atoms with Crippen LogP contribution in [0.5, 0.6) is 0 Å². The Kier molecular flexibility index (Phi) is 4.36. The Balaban J connectivity index is 1.81. The van der Waals surface area contributed by atoms with Crippen molar-refractivity contribution in [2.24, 2.45) is 5.92 Å². The van der Waals surface area contributed by atoms with Gasteiger partial charge in [0, 0.05) is 32.5 Å². The van der Waals surface area contributed by atoms with Crippen LogP contribution in [0.15, 0.2) is 12.5 Å². The average molecular weight is 223 g/mol. The van der Waals surface area contributed by atoms with Gasteiger partial charge in [0.15, 0.2) is 0 Å². The van der Waals surface area contributed by atoms with Crippen molar-refractivity contribution in [2.45, 2.75) is 32.9 Å². The van der Waals surface area contributed by atoms with Crippen LogP contribution in [0.3, 0.4) is 0 Å². The van der Waals surface area contributed by atoms with Crippen LogP contribution >= 0.6 is 0 Å². The summed E-state index contributed by atoms with van der Waals surface area (Å²) in [5.41, 5.74) is 1.13. The summed E-state index contributed by atoms with van der Waals surface area (Å²) >= 11 is 0. The van der Waals surface area contributed by atoms with Crippen LogP contribution in [0.25, 0.3) is 0 Å². The molecule has 0 atom stereocenters. The average Bonchev–Trinajstić information content (AvgIpc) is 2.75. The molecule has 1 N–H and O–H groups in total. The fourth-order valence-corrected chi connectivity index (χ4v) is 2.08. The summed E-state index contributed by atoms with van der Waals surface area (Å²) in [6.07, 6.45) is 6.46. The van der Waals surface area contributed by atoms with E-state index in [1.54, 1.807) is 0 Å². The number of rotatable bonds is 5. The summed E-state index contributed by atoms with van der Waals surface area (Å²) in [6, 6.07) is 0. The molecular weight excluding hydrogens is 202 g/mol. The van der Waals surface area contributed by atoms with Gasteiger partial charge in [-0.1, -0.05) is 6.92 Å². The second kappa shape index (κ2) is 6.01. The molecule has 1 fully saturated rings. The highest BCUT2D eigenvalue weighted by Gasteiger charge is 2.14. The first-order valence-corrected chi connectivity index (χ1v) is 6.17. The van der Waals surface area contributed by atoms with Crippen LogP contribution in [0.1, 0.15) is 25.5 Å². The highest BCUT2D eigenvalue weighted by atomic mass is 16.5. The smallest absolute Gasteiger partial charge is 0.0950 e. The molecule has 0 amide bonds. The van der Waals surface area contributed by atoms with Crippen molar-refractivity contribution >= 4 is 0 Å². The molecule has 16 heavy (non-hydrogen) atoms. The molecule has 1 aliphatic heterocycles. The van der Waals surface area contributed by atoms with Crippen LogP contribution < -0.4 is 5.32 Å². The normalized spacial score (nSPS) is 17.8. The van der Waals surface area contributed by atoms with E-state index in [2.05, 4.69) is 28.0 Å².